The van der Waals surface area contributed by atoms with Gasteiger partial charge in [0.25, 0.3) is 0 Å². The number of nitrogens with one attached hydrogen (secondary N) is 1. The van der Waals surface area contributed by atoms with Crippen LogP contribution in [0.1, 0.15) is 18.5 Å². The topological polar surface area (TPSA) is 83.8 Å². The van der Waals surface area contributed by atoms with Crippen molar-refractivity contribution in [2.45, 2.75) is 24.4 Å². The predicted octanol–water partition coefficient (Wildman–Crippen LogP) is 3.26. The van der Waals surface area contributed by atoms with Crippen molar-refractivity contribution < 1.29 is 13.9 Å². The Balaban J connectivity index is 1.49. The van der Waals surface area contributed by atoms with E-state index in [9.17, 15) is 13.9 Å². The van der Waals surface area contributed by atoms with Crippen LogP contribution in [0, 0.1) is 5.82 Å². The molecule has 0 spiro atoms. The van der Waals surface area contributed by atoms with Crippen molar-refractivity contribution >= 4 is 5.95 Å². The average molecular weight is 369 g/mol. The van der Waals surface area contributed by atoms with Crippen LogP contribution < -0.4 is 5.32 Å². The SMILES string of the molecule is Oc1ccc(-c2cnc(NCC3(c4ncccc4F)CC(F)C3)nc2)cn1. The van der Waals surface area contributed by atoms with Crippen molar-refractivity contribution in [1.29, 1.82) is 0 Å². The molecule has 6 nitrogen and oxygen atoms in total. The van der Waals surface area contributed by atoms with Crippen LogP contribution in [-0.2, 0) is 5.41 Å². The van der Waals surface area contributed by atoms with Gasteiger partial charge in [-0.15, -0.1) is 0 Å². The largest absolute Gasteiger partial charge is 0.493 e. The van der Waals surface area contributed by atoms with E-state index in [0.717, 1.165) is 11.1 Å². The zero-order valence-electron chi connectivity index (χ0n) is 14.3. The van der Waals surface area contributed by atoms with E-state index < -0.39 is 17.4 Å². The van der Waals surface area contributed by atoms with E-state index >= 15 is 0 Å². The van der Waals surface area contributed by atoms with Gasteiger partial charge < -0.3 is 10.4 Å². The second kappa shape index (κ2) is 6.86. The van der Waals surface area contributed by atoms with Gasteiger partial charge in [-0.3, -0.25) is 4.98 Å². The Bertz CT molecular complexity index is 928. The molecule has 2 N–H and O–H groups in total. The Morgan fingerprint density at radius 3 is 2.41 bits per heavy atom. The Kier molecular flexibility index (Phi) is 4.39. The molecule has 1 aliphatic rings. The number of aromatic hydroxyl groups is 1. The van der Waals surface area contributed by atoms with Crippen LogP contribution in [-0.4, -0.2) is 37.8 Å². The first-order chi connectivity index (χ1) is 13.1. The third-order valence-corrected chi connectivity index (χ3v) is 4.80. The minimum absolute atomic E-state index is 0.0586. The maximum absolute atomic E-state index is 14.2. The lowest BCUT2D eigenvalue weighted by molar-refractivity contribution is 0.0963. The van der Waals surface area contributed by atoms with Gasteiger partial charge in [0.2, 0.25) is 11.8 Å². The monoisotopic (exact) mass is 369 g/mol. The maximum atomic E-state index is 14.2. The number of nitrogens with zero attached hydrogens (tertiary/aromatic N) is 4. The summed E-state index contributed by atoms with van der Waals surface area (Å²) in [5.41, 5.74) is 1.09. The molecule has 0 aromatic carbocycles. The maximum Gasteiger partial charge on any atom is 0.222 e. The van der Waals surface area contributed by atoms with Crippen molar-refractivity contribution in [2.75, 3.05) is 11.9 Å². The lowest BCUT2D eigenvalue weighted by atomic mass is 9.65. The predicted molar refractivity (Wildman–Crippen MR) is 95.4 cm³/mol. The van der Waals surface area contributed by atoms with Gasteiger partial charge in [0.15, 0.2) is 0 Å². The highest BCUT2D eigenvalue weighted by molar-refractivity contribution is 5.61. The molecule has 27 heavy (non-hydrogen) atoms. The van der Waals surface area contributed by atoms with Crippen LogP contribution in [0.3, 0.4) is 0 Å². The molecule has 8 heteroatoms. The first-order valence-corrected chi connectivity index (χ1v) is 8.52. The molecule has 0 radical (unpaired) electrons. The highest BCUT2D eigenvalue weighted by Crippen LogP contribution is 2.45. The van der Waals surface area contributed by atoms with E-state index in [2.05, 4.69) is 25.3 Å². The van der Waals surface area contributed by atoms with Crippen molar-refractivity contribution in [3.05, 3.63) is 60.6 Å². The number of pyridine rings is 2. The van der Waals surface area contributed by atoms with Gasteiger partial charge in [-0.25, -0.2) is 23.7 Å². The molecule has 0 amide bonds. The van der Waals surface area contributed by atoms with Crippen molar-refractivity contribution in [3.8, 4) is 17.0 Å². The van der Waals surface area contributed by atoms with E-state index in [0.29, 0.717) is 12.5 Å². The number of hydrogen-bond acceptors (Lipinski definition) is 6. The number of halogens is 2. The standard InChI is InChI=1S/C19H17F2N5O/c20-14-6-19(7-14,17-15(21)2-1-5-22-17)11-26-18-24-9-13(10-25-18)12-3-4-16(27)23-8-12/h1-5,8-10,14H,6-7,11H2,(H,23,27)(H,24,25,26). The number of aromatic nitrogens is 4. The van der Waals surface area contributed by atoms with Crippen LogP contribution in [0.15, 0.2) is 49.1 Å². The third-order valence-electron chi connectivity index (χ3n) is 4.80. The Morgan fingerprint density at radius 1 is 1.04 bits per heavy atom. The van der Waals surface area contributed by atoms with Crippen LogP contribution in [0.4, 0.5) is 14.7 Å². The second-order valence-corrected chi connectivity index (χ2v) is 6.67. The van der Waals surface area contributed by atoms with E-state index in [1.807, 2.05) is 0 Å². The lowest BCUT2D eigenvalue weighted by Gasteiger charge is -2.43. The summed E-state index contributed by atoms with van der Waals surface area (Å²) in [5.74, 6) is -0.123. The molecule has 3 heterocycles. The molecule has 3 aromatic rings. The van der Waals surface area contributed by atoms with Crippen molar-refractivity contribution in [2.24, 2.45) is 0 Å². The average Bonchev–Trinajstić information content (AvgIpc) is 2.66. The molecule has 0 unspecified atom stereocenters. The van der Waals surface area contributed by atoms with E-state index in [-0.39, 0.29) is 24.4 Å². The molecule has 1 fully saturated rings. The summed E-state index contributed by atoms with van der Waals surface area (Å²) in [6, 6.07) is 6.05. The molecular formula is C19H17F2N5O. The van der Waals surface area contributed by atoms with Gasteiger partial charge in [0.05, 0.1) is 5.69 Å². The number of anilines is 1. The summed E-state index contributed by atoms with van der Waals surface area (Å²) in [4.78, 5) is 16.5. The summed E-state index contributed by atoms with van der Waals surface area (Å²) in [5, 5.41) is 12.3. The van der Waals surface area contributed by atoms with Crippen LogP contribution in [0.5, 0.6) is 5.88 Å². The molecule has 138 valence electrons. The summed E-state index contributed by atoms with van der Waals surface area (Å²) < 4.78 is 27.8. The molecule has 0 saturated heterocycles. The Morgan fingerprint density at radius 2 is 1.78 bits per heavy atom. The third kappa shape index (κ3) is 3.42. The van der Waals surface area contributed by atoms with E-state index in [4.69, 9.17) is 0 Å². The lowest BCUT2D eigenvalue weighted by Crippen LogP contribution is -2.49. The Labute approximate surface area is 154 Å². The first-order valence-electron chi connectivity index (χ1n) is 8.52. The van der Waals surface area contributed by atoms with Crippen LogP contribution >= 0.6 is 0 Å². The summed E-state index contributed by atoms with van der Waals surface area (Å²) in [6.45, 7) is 0.293. The second-order valence-electron chi connectivity index (χ2n) is 6.67. The van der Waals surface area contributed by atoms with Crippen LogP contribution in [0.25, 0.3) is 11.1 Å². The smallest absolute Gasteiger partial charge is 0.222 e. The first kappa shape index (κ1) is 17.3. The molecule has 4 rings (SSSR count). The number of rotatable bonds is 5. The normalized spacial score (nSPS) is 21.5. The fourth-order valence-corrected chi connectivity index (χ4v) is 3.36. The van der Waals surface area contributed by atoms with Gasteiger partial charge in [-0.2, -0.15) is 0 Å². The van der Waals surface area contributed by atoms with E-state index in [1.54, 1.807) is 18.5 Å². The number of hydrogen-bond donors (Lipinski definition) is 2. The summed E-state index contributed by atoms with van der Waals surface area (Å²) in [6.07, 6.45) is 5.75. The van der Waals surface area contributed by atoms with Crippen LogP contribution in [0.2, 0.25) is 0 Å². The zero-order chi connectivity index (χ0) is 18.9. The molecule has 0 atom stereocenters. The minimum atomic E-state index is -0.960. The highest BCUT2D eigenvalue weighted by Gasteiger charge is 2.48. The minimum Gasteiger partial charge on any atom is -0.493 e. The quantitative estimate of drug-likeness (QED) is 0.718. The van der Waals surface area contributed by atoms with Gasteiger partial charge in [0, 0.05) is 53.9 Å². The molecule has 1 saturated carbocycles. The Hall–Kier alpha value is -3.16. The summed E-state index contributed by atoms with van der Waals surface area (Å²) >= 11 is 0. The fourth-order valence-electron chi connectivity index (χ4n) is 3.36. The molecule has 0 bridgehead atoms. The highest BCUT2D eigenvalue weighted by atomic mass is 19.1. The molecule has 1 aliphatic carbocycles. The van der Waals surface area contributed by atoms with Gasteiger partial charge in [0.1, 0.15) is 12.0 Å². The van der Waals surface area contributed by atoms with E-state index in [1.165, 1.54) is 30.6 Å². The summed E-state index contributed by atoms with van der Waals surface area (Å²) in [7, 11) is 0. The van der Waals surface area contributed by atoms with Gasteiger partial charge in [-0.05, 0) is 31.0 Å². The van der Waals surface area contributed by atoms with Gasteiger partial charge >= 0.3 is 0 Å². The van der Waals surface area contributed by atoms with Gasteiger partial charge in [-0.1, -0.05) is 0 Å². The molecule has 3 aromatic heterocycles. The molecule has 0 aliphatic heterocycles. The number of alkyl halides is 1. The zero-order valence-corrected chi connectivity index (χ0v) is 14.3. The van der Waals surface area contributed by atoms with Crippen molar-refractivity contribution in [1.82, 2.24) is 19.9 Å². The molecular weight excluding hydrogens is 352 g/mol. The fraction of sp³-hybridized carbons (Fsp3) is 0.263. The van der Waals surface area contributed by atoms with Crippen molar-refractivity contribution in [3.63, 3.8) is 0 Å².